The third kappa shape index (κ3) is 5.45. The Kier molecular flexibility index (Phi) is 6.72. The summed E-state index contributed by atoms with van der Waals surface area (Å²) < 4.78 is 11.4. The molecule has 0 spiro atoms. The van der Waals surface area contributed by atoms with Crippen LogP contribution in [0.3, 0.4) is 0 Å². The van der Waals surface area contributed by atoms with Crippen LogP contribution >= 0.6 is 0 Å². The summed E-state index contributed by atoms with van der Waals surface area (Å²) in [7, 11) is 0. The number of nitrogens with zero attached hydrogens (tertiary/aromatic N) is 4. The van der Waals surface area contributed by atoms with E-state index in [4.69, 9.17) is 9.15 Å². The molecule has 0 atom stereocenters. The van der Waals surface area contributed by atoms with E-state index >= 15 is 0 Å². The molecule has 1 aliphatic rings. The van der Waals surface area contributed by atoms with Gasteiger partial charge in [0.1, 0.15) is 5.75 Å². The van der Waals surface area contributed by atoms with E-state index in [1.807, 2.05) is 65.6 Å². The van der Waals surface area contributed by atoms with Crippen LogP contribution in [0.4, 0.5) is 0 Å². The number of benzene rings is 2. The lowest BCUT2D eigenvalue weighted by molar-refractivity contribution is -0.133. The van der Waals surface area contributed by atoms with Gasteiger partial charge in [0.25, 0.3) is 0 Å². The number of piperazine rings is 1. The van der Waals surface area contributed by atoms with Crippen molar-refractivity contribution in [3.05, 3.63) is 66.6 Å². The number of hydrogen-bond acceptors (Lipinski definition) is 6. The number of amides is 1. The summed E-state index contributed by atoms with van der Waals surface area (Å²) in [5.41, 5.74) is 0.930. The van der Waals surface area contributed by atoms with Crippen molar-refractivity contribution in [2.75, 3.05) is 39.3 Å². The third-order valence-electron chi connectivity index (χ3n) is 5.18. The van der Waals surface area contributed by atoms with Crippen molar-refractivity contribution >= 4 is 5.91 Å². The maximum atomic E-state index is 12.4. The van der Waals surface area contributed by atoms with E-state index < -0.39 is 0 Å². The second kappa shape index (κ2) is 10.0. The lowest BCUT2D eigenvalue weighted by Gasteiger charge is -2.34. The molecule has 3 aromatic rings. The molecule has 0 aliphatic carbocycles. The minimum atomic E-state index is 0.148. The molecular weight excluding hydrogens is 380 g/mol. The van der Waals surface area contributed by atoms with Crippen LogP contribution in [-0.4, -0.2) is 65.2 Å². The Morgan fingerprint density at radius 3 is 2.37 bits per heavy atom. The van der Waals surface area contributed by atoms with Crippen molar-refractivity contribution in [3.8, 4) is 17.2 Å². The molecular formula is C23H26N4O3. The minimum Gasteiger partial charge on any atom is -0.493 e. The fraction of sp³-hybridized carbons (Fsp3) is 0.348. The van der Waals surface area contributed by atoms with Crippen molar-refractivity contribution < 1.29 is 13.9 Å². The van der Waals surface area contributed by atoms with Gasteiger partial charge in [-0.15, -0.1) is 10.2 Å². The topological polar surface area (TPSA) is 71.7 Å². The molecule has 4 rings (SSSR count). The predicted octanol–water partition coefficient (Wildman–Crippen LogP) is 2.89. The molecule has 7 heteroatoms. The summed E-state index contributed by atoms with van der Waals surface area (Å²) in [5.74, 6) is 2.14. The summed E-state index contributed by atoms with van der Waals surface area (Å²) in [6, 6.07) is 19.4. The number of ether oxygens (including phenoxy) is 1. The first-order valence-corrected chi connectivity index (χ1v) is 10.3. The van der Waals surface area contributed by atoms with Crippen LogP contribution in [-0.2, 0) is 11.2 Å². The number of para-hydroxylation sites is 1. The summed E-state index contributed by atoms with van der Waals surface area (Å²) in [6.45, 7) is 4.43. The van der Waals surface area contributed by atoms with Gasteiger partial charge in [0.15, 0.2) is 0 Å². The van der Waals surface area contributed by atoms with E-state index in [9.17, 15) is 4.79 Å². The van der Waals surface area contributed by atoms with Gasteiger partial charge in [-0.3, -0.25) is 9.69 Å². The van der Waals surface area contributed by atoms with Crippen LogP contribution in [0.15, 0.2) is 65.1 Å². The van der Waals surface area contributed by atoms with Crippen LogP contribution in [0.5, 0.6) is 5.75 Å². The minimum absolute atomic E-state index is 0.148. The van der Waals surface area contributed by atoms with Gasteiger partial charge in [-0.05, 0) is 24.3 Å². The SMILES string of the molecule is O=C(CCOc1ccccc1)N1CCN(CCc2nnc(-c3ccccc3)o2)CC1. The molecule has 1 fully saturated rings. The summed E-state index contributed by atoms with van der Waals surface area (Å²) >= 11 is 0. The second-order valence-electron chi connectivity index (χ2n) is 7.25. The Morgan fingerprint density at radius 1 is 0.933 bits per heavy atom. The van der Waals surface area contributed by atoms with Gasteiger partial charge in [0.2, 0.25) is 17.7 Å². The number of rotatable bonds is 8. The van der Waals surface area contributed by atoms with Crippen molar-refractivity contribution in [2.24, 2.45) is 0 Å². The average molecular weight is 406 g/mol. The molecule has 1 saturated heterocycles. The Morgan fingerprint density at radius 2 is 1.63 bits per heavy atom. The van der Waals surface area contributed by atoms with Crippen molar-refractivity contribution in [1.29, 1.82) is 0 Å². The molecule has 0 radical (unpaired) electrons. The van der Waals surface area contributed by atoms with E-state index in [0.29, 0.717) is 31.2 Å². The number of carbonyl (C=O) groups excluding carboxylic acids is 1. The Labute approximate surface area is 176 Å². The maximum Gasteiger partial charge on any atom is 0.247 e. The van der Waals surface area contributed by atoms with Gasteiger partial charge in [-0.25, -0.2) is 0 Å². The molecule has 2 heterocycles. The molecule has 0 bridgehead atoms. The normalized spacial score (nSPS) is 14.6. The van der Waals surface area contributed by atoms with Crippen LogP contribution < -0.4 is 4.74 Å². The Bertz CT molecular complexity index is 922. The highest BCUT2D eigenvalue weighted by molar-refractivity contribution is 5.76. The first-order chi connectivity index (χ1) is 14.8. The largest absolute Gasteiger partial charge is 0.493 e. The summed E-state index contributed by atoms with van der Waals surface area (Å²) in [6.07, 6.45) is 1.11. The van der Waals surface area contributed by atoms with Gasteiger partial charge >= 0.3 is 0 Å². The number of aromatic nitrogens is 2. The first kappa shape index (κ1) is 20.1. The molecule has 1 aliphatic heterocycles. The lowest BCUT2D eigenvalue weighted by Crippen LogP contribution is -2.49. The zero-order valence-electron chi connectivity index (χ0n) is 16.9. The molecule has 2 aromatic carbocycles. The molecule has 30 heavy (non-hydrogen) atoms. The van der Waals surface area contributed by atoms with Crippen molar-refractivity contribution in [2.45, 2.75) is 12.8 Å². The van der Waals surface area contributed by atoms with Crippen LogP contribution in [0, 0.1) is 0 Å². The Hall–Kier alpha value is -3.19. The lowest BCUT2D eigenvalue weighted by atomic mass is 10.2. The predicted molar refractivity (Wildman–Crippen MR) is 113 cm³/mol. The maximum absolute atomic E-state index is 12.4. The number of hydrogen-bond donors (Lipinski definition) is 0. The van der Waals surface area contributed by atoms with E-state index in [1.54, 1.807) is 0 Å². The quantitative estimate of drug-likeness (QED) is 0.573. The van der Waals surface area contributed by atoms with Crippen LogP contribution in [0.2, 0.25) is 0 Å². The Balaban J connectivity index is 1.16. The molecule has 0 unspecified atom stereocenters. The standard InChI is InChI=1S/C23H26N4O3/c28-22(12-18-29-20-9-5-2-6-10-20)27-16-14-26(15-17-27)13-11-21-24-25-23(30-21)19-7-3-1-4-8-19/h1-10H,11-18H2. The van der Waals surface area contributed by atoms with E-state index in [2.05, 4.69) is 15.1 Å². The highest BCUT2D eigenvalue weighted by Gasteiger charge is 2.21. The summed E-state index contributed by atoms with van der Waals surface area (Å²) in [5, 5.41) is 8.29. The smallest absolute Gasteiger partial charge is 0.247 e. The number of carbonyl (C=O) groups is 1. The fourth-order valence-corrected chi connectivity index (χ4v) is 3.46. The van der Waals surface area contributed by atoms with Crippen LogP contribution in [0.25, 0.3) is 11.5 Å². The van der Waals surface area contributed by atoms with Gasteiger partial charge in [-0.1, -0.05) is 36.4 Å². The molecule has 0 saturated carbocycles. The van der Waals surface area contributed by atoms with Crippen LogP contribution in [0.1, 0.15) is 12.3 Å². The first-order valence-electron chi connectivity index (χ1n) is 10.3. The second-order valence-corrected chi connectivity index (χ2v) is 7.25. The molecule has 156 valence electrons. The zero-order valence-corrected chi connectivity index (χ0v) is 16.9. The summed E-state index contributed by atoms with van der Waals surface area (Å²) in [4.78, 5) is 16.7. The molecule has 0 N–H and O–H groups in total. The fourth-order valence-electron chi connectivity index (χ4n) is 3.46. The van der Waals surface area contributed by atoms with Crippen molar-refractivity contribution in [3.63, 3.8) is 0 Å². The monoisotopic (exact) mass is 406 g/mol. The third-order valence-corrected chi connectivity index (χ3v) is 5.18. The van der Waals surface area contributed by atoms with Gasteiger partial charge in [0.05, 0.1) is 13.0 Å². The molecule has 1 aromatic heterocycles. The molecule has 7 nitrogen and oxygen atoms in total. The highest BCUT2D eigenvalue weighted by atomic mass is 16.5. The van der Waals surface area contributed by atoms with Gasteiger partial charge in [-0.2, -0.15) is 0 Å². The zero-order chi connectivity index (χ0) is 20.6. The van der Waals surface area contributed by atoms with Crippen molar-refractivity contribution in [1.82, 2.24) is 20.0 Å². The van der Waals surface area contributed by atoms with Gasteiger partial charge < -0.3 is 14.1 Å². The van der Waals surface area contributed by atoms with E-state index in [-0.39, 0.29) is 5.91 Å². The van der Waals surface area contributed by atoms with E-state index in [1.165, 1.54) is 0 Å². The highest BCUT2D eigenvalue weighted by Crippen LogP contribution is 2.17. The molecule has 1 amide bonds. The van der Waals surface area contributed by atoms with E-state index in [0.717, 1.165) is 44.0 Å². The average Bonchev–Trinajstić information content (AvgIpc) is 3.28. The van der Waals surface area contributed by atoms with Gasteiger partial charge in [0, 0.05) is 44.7 Å².